The first-order chi connectivity index (χ1) is 36.8. The van der Waals surface area contributed by atoms with E-state index in [1.807, 2.05) is 36.4 Å². The third-order valence-electron chi connectivity index (χ3n) is 13.6. The average Bonchev–Trinajstić information content (AvgIpc) is 3.32. The van der Waals surface area contributed by atoms with Gasteiger partial charge in [-0.25, -0.2) is 0 Å². The Morgan fingerprint density at radius 2 is 0.556 bits per heavy atom. The quantitative estimate of drug-likeness (QED) is 0.0350. The molecule has 0 aliphatic heterocycles. The van der Waals surface area contributed by atoms with Gasteiger partial charge in [-0.1, -0.05) is 206 Å². The number of aliphatic carboxylic acids is 3. The number of carboxylic acids is 3. The van der Waals surface area contributed by atoms with Crippen LogP contribution in [0, 0.1) is 5.41 Å². The number of phenolic OH excluding ortho intramolecular Hbond substituents is 3. The van der Waals surface area contributed by atoms with Gasteiger partial charge in [0.25, 0.3) is 0 Å². The molecular weight excluding hydrogens is 1050 g/mol. The van der Waals surface area contributed by atoms with Crippen molar-refractivity contribution >= 4 is 35.7 Å². The van der Waals surface area contributed by atoms with Crippen LogP contribution in [0.1, 0.15) is 252 Å². The first-order valence-corrected chi connectivity index (χ1v) is 29.2. The second kappa shape index (κ2) is 34.8. The molecule has 81 heavy (non-hydrogen) atoms. The number of aromatic hydroxyl groups is 3. The number of hydrogen-bond donors (Lipinski definition) is 11. The molecule has 0 aromatic heterocycles. The summed E-state index contributed by atoms with van der Waals surface area (Å²) in [5.41, 5.74) is 6.02. The summed E-state index contributed by atoms with van der Waals surface area (Å²) in [6.07, 6.45) is 11.3. The first kappa shape index (κ1) is 78.4. The van der Waals surface area contributed by atoms with Gasteiger partial charge in [-0.05, 0) is 108 Å². The lowest BCUT2D eigenvalue weighted by molar-refractivity contribution is -0.138. The number of aryl methyl sites for hydroxylation is 3. The van der Waals surface area contributed by atoms with Gasteiger partial charge in [0, 0.05) is 25.7 Å². The van der Waals surface area contributed by atoms with Gasteiger partial charge >= 0.3 is 17.9 Å². The molecule has 0 heterocycles. The van der Waals surface area contributed by atoms with Gasteiger partial charge in [-0.2, -0.15) is 0 Å². The van der Waals surface area contributed by atoms with Crippen LogP contribution in [0.3, 0.4) is 0 Å². The number of unbranched alkanes of at least 4 members (excludes halogenated alkanes) is 6. The van der Waals surface area contributed by atoms with Crippen LogP contribution in [0.2, 0.25) is 0 Å². The lowest BCUT2D eigenvalue weighted by Crippen LogP contribution is -2.37. The molecular formula is C66H110O14S. The number of hydrogen-bond acceptors (Lipinski definition) is 11. The number of aliphatic hydroxyl groups excluding tert-OH is 4. The van der Waals surface area contributed by atoms with E-state index in [0.29, 0.717) is 42.9 Å². The van der Waals surface area contributed by atoms with Gasteiger partial charge in [0.1, 0.15) is 17.2 Å². The van der Waals surface area contributed by atoms with E-state index in [1.165, 1.54) is 38.5 Å². The Hall–Kier alpha value is -4.67. The maximum absolute atomic E-state index is 10.8. The zero-order valence-corrected chi connectivity index (χ0v) is 54.1. The van der Waals surface area contributed by atoms with Gasteiger partial charge in [0.05, 0.1) is 31.8 Å². The van der Waals surface area contributed by atoms with Crippen molar-refractivity contribution in [1.29, 1.82) is 0 Å². The van der Waals surface area contributed by atoms with Crippen molar-refractivity contribution < 1.29 is 70.2 Å². The monoisotopic (exact) mass is 1160 g/mol. The summed E-state index contributed by atoms with van der Waals surface area (Å²) in [5.74, 6) is -1.38. The average molecular weight is 1160 g/mol. The Labute approximate surface area is 493 Å². The second-order valence-corrected chi connectivity index (χ2v) is 28.2. The molecule has 0 bridgehead atoms. The Bertz CT molecular complexity index is 2040. The summed E-state index contributed by atoms with van der Waals surface area (Å²) in [6.45, 7) is 37.5. The van der Waals surface area contributed by atoms with Gasteiger partial charge in [-0.3, -0.25) is 19.2 Å². The lowest BCUT2D eigenvalue weighted by Gasteiger charge is -2.28. The normalized spacial score (nSPS) is 12.1. The molecule has 0 spiro atoms. The van der Waals surface area contributed by atoms with Crippen molar-refractivity contribution in [2.45, 2.75) is 254 Å². The molecule has 14 nitrogen and oxygen atoms in total. The van der Waals surface area contributed by atoms with E-state index in [-0.39, 0.29) is 56.9 Å². The van der Waals surface area contributed by atoms with Gasteiger partial charge in [0.15, 0.2) is 5.12 Å². The highest BCUT2D eigenvalue weighted by molar-refractivity contribution is 7.96. The minimum Gasteiger partial charge on any atom is -0.507 e. The van der Waals surface area contributed by atoms with Gasteiger partial charge < -0.3 is 51.1 Å². The van der Waals surface area contributed by atoms with Crippen LogP contribution in [0.5, 0.6) is 17.2 Å². The molecule has 464 valence electrons. The van der Waals surface area contributed by atoms with Crippen molar-refractivity contribution in [2.75, 3.05) is 26.4 Å². The minimum absolute atomic E-state index is 0.0311. The summed E-state index contributed by atoms with van der Waals surface area (Å²) >= 11 is 3.72. The highest BCUT2D eigenvalue weighted by Gasteiger charge is 2.30. The van der Waals surface area contributed by atoms with E-state index in [4.69, 9.17) is 35.7 Å². The Morgan fingerprint density at radius 1 is 0.358 bits per heavy atom. The number of phenols is 3. The fourth-order valence-corrected chi connectivity index (χ4v) is 8.39. The van der Waals surface area contributed by atoms with Crippen LogP contribution in [0.4, 0.5) is 0 Å². The van der Waals surface area contributed by atoms with Crippen molar-refractivity contribution in [3.63, 3.8) is 0 Å². The second-order valence-electron chi connectivity index (χ2n) is 27.7. The fraction of sp³-hybridized carbons (Fsp3) is 0.667. The van der Waals surface area contributed by atoms with E-state index in [2.05, 4.69) is 144 Å². The molecule has 10 N–H and O–H groups in total. The van der Waals surface area contributed by atoms with E-state index in [0.717, 1.165) is 56.5 Å². The maximum Gasteiger partial charge on any atom is 0.303 e. The molecule has 0 aliphatic rings. The maximum atomic E-state index is 10.8. The summed E-state index contributed by atoms with van der Waals surface area (Å²) in [4.78, 5) is 42.7. The topological polar surface area (TPSA) is 271 Å². The smallest absolute Gasteiger partial charge is 0.303 e. The molecule has 0 aliphatic carbocycles. The summed E-state index contributed by atoms with van der Waals surface area (Å²) < 4.78 is 0. The molecule has 0 saturated heterocycles. The minimum atomic E-state index is -1.11. The number of carbonyl (C=O) groups excluding carboxylic acids is 1. The molecule has 3 aromatic carbocycles. The summed E-state index contributed by atoms with van der Waals surface area (Å²) in [7, 11) is 0. The number of aliphatic hydroxyl groups is 4. The number of carboxylic acid groups (broad SMARTS) is 3. The zero-order chi connectivity index (χ0) is 63.7. The Kier molecular flexibility index (Phi) is 33.7. The molecule has 0 radical (unpaired) electrons. The van der Waals surface area contributed by atoms with Crippen LogP contribution in [0.25, 0.3) is 0 Å². The van der Waals surface area contributed by atoms with Crippen molar-refractivity contribution in [2.24, 2.45) is 5.41 Å². The lowest BCUT2D eigenvalue weighted by atomic mass is 9.78. The van der Waals surface area contributed by atoms with E-state index < -0.39 is 49.8 Å². The van der Waals surface area contributed by atoms with E-state index in [1.54, 1.807) is 0 Å². The van der Waals surface area contributed by atoms with Crippen LogP contribution < -0.4 is 0 Å². The molecule has 3 rings (SSSR count). The van der Waals surface area contributed by atoms with Gasteiger partial charge in [0.2, 0.25) is 0 Å². The van der Waals surface area contributed by atoms with E-state index in [9.17, 15) is 34.5 Å². The summed E-state index contributed by atoms with van der Waals surface area (Å²) in [6, 6.07) is 11.6. The molecule has 0 saturated carbocycles. The third-order valence-corrected chi connectivity index (χ3v) is 13.8. The molecule has 3 aromatic rings. The van der Waals surface area contributed by atoms with Gasteiger partial charge in [-0.15, -0.1) is 12.6 Å². The molecule has 0 unspecified atom stereocenters. The highest BCUT2D eigenvalue weighted by atomic mass is 32.1. The number of thiol groups is 1. The SMILES string of the molecule is CC(C)(C)c1cc(CCC(=O)O)cc(C(C)(C)C)c1O.CC(C)(C)c1cc(CCC(=O)O)cc(C(C)(C)C)c1O.CC(C)(C)c1cc(CCC(=O)O)cc(C(C)(C)C)c1O.CCCCCCCCCC(=O)S.OCC(CO)(CO)CO. The van der Waals surface area contributed by atoms with E-state index >= 15 is 0 Å². The molecule has 0 atom stereocenters. The Balaban J connectivity index is 0. The van der Waals surface area contributed by atoms with Crippen molar-refractivity contribution in [1.82, 2.24) is 0 Å². The highest BCUT2D eigenvalue weighted by Crippen LogP contribution is 2.43. The van der Waals surface area contributed by atoms with Crippen LogP contribution >= 0.6 is 12.6 Å². The number of rotatable bonds is 21. The van der Waals surface area contributed by atoms with Crippen LogP contribution in [-0.4, -0.2) is 101 Å². The Morgan fingerprint density at radius 3 is 0.704 bits per heavy atom. The first-order valence-electron chi connectivity index (χ1n) is 28.7. The van der Waals surface area contributed by atoms with Crippen LogP contribution in [-0.2, 0) is 70.9 Å². The predicted octanol–water partition coefficient (Wildman–Crippen LogP) is 13.5. The molecule has 0 amide bonds. The summed E-state index contributed by atoms with van der Waals surface area (Å²) in [5, 5.41) is 92.2. The van der Waals surface area contributed by atoms with Crippen molar-refractivity contribution in [3.05, 3.63) is 86.5 Å². The predicted molar refractivity (Wildman–Crippen MR) is 332 cm³/mol. The standard InChI is InChI=1S/3C17H26O3.C10H20OS.C5H12O4/c3*1-16(2,3)12-9-11(7-8-14(18)19)10-13(15(12)20)17(4,5)6;1-2-3-4-5-6-7-8-9-10(11)12;6-1-5(2-7,3-8)4-9/h3*9-10,20H,7-8H2,1-6H3,(H,18,19);2-9H2,1H3,(H,11,12);6-9H,1-4H2. The largest absolute Gasteiger partial charge is 0.507 e. The number of carbonyl (C=O) groups is 4. The molecule has 0 fully saturated rings. The van der Waals surface area contributed by atoms with Crippen molar-refractivity contribution in [3.8, 4) is 17.2 Å². The third kappa shape index (κ3) is 30.5. The number of benzene rings is 3. The zero-order valence-electron chi connectivity index (χ0n) is 53.2. The fourth-order valence-electron chi connectivity index (χ4n) is 8.23. The molecule has 15 heteroatoms. The van der Waals surface area contributed by atoms with Crippen LogP contribution in [0.15, 0.2) is 36.4 Å².